The van der Waals surface area contributed by atoms with Gasteiger partial charge in [0, 0.05) is 11.8 Å². The van der Waals surface area contributed by atoms with Crippen molar-refractivity contribution in [2.24, 2.45) is 5.10 Å². The van der Waals surface area contributed by atoms with Crippen LogP contribution in [0, 0.1) is 6.92 Å². The van der Waals surface area contributed by atoms with Crippen molar-refractivity contribution >= 4 is 41.0 Å². The smallest absolute Gasteiger partial charge is 0.290 e. The summed E-state index contributed by atoms with van der Waals surface area (Å²) in [6.07, 6.45) is 3.19. The number of halogens is 2. The van der Waals surface area contributed by atoms with E-state index in [9.17, 15) is 4.79 Å². The van der Waals surface area contributed by atoms with Crippen LogP contribution in [0.2, 0.25) is 10.0 Å². The van der Waals surface area contributed by atoms with Gasteiger partial charge in [-0.2, -0.15) is 5.10 Å². The van der Waals surface area contributed by atoms with Crippen LogP contribution < -0.4 is 5.43 Å². The minimum atomic E-state index is -0.361. The summed E-state index contributed by atoms with van der Waals surface area (Å²) in [5.41, 5.74) is 4.78. The van der Waals surface area contributed by atoms with Crippen LogP contribution in [0.4, 0.5) is 0 Å². The molecule has 0 saturated heterocycles. The van der Waals surface area contributed by atoms with Crippen molar-refractivity contribution in [1.29, 1.82) is 0 Å². The number of carbonyl (C=O) groups is 1. The number of hydrazone groups is 1. The van der Waals surface area contributed by atoms with E-state index in [0.29, 0.717) is 32.6 Å². The quantitative estimate of drug-likeness (QED) is 0.580. The first kappa shape index (κ1) is 15.5. The van der Waals surface area contributed by atoms with E-state index in [0.717, 1.165) is 0 Å². The van der Waals surface area contributed by atoms with E-state index in [1.165, 1.54) is 6.21 Å². The number of benzene rings is 1. The molecular formula is C16H12Cl2N4O. The van der Waals surface area contributed by atoms with Gasteiger partial charge in [-0.1, -0.05) is 35.3 Å². The summed E-state index contributed by atoms with van der Waals surface area (Å²) < 4.78 is 1.71. The average Bonchev–Trinajstić information content (AvgIpc) is 2.86. The maximum Gasteiger partial charge on any atom is 0.290 e. The van der Waals surface area contributed by atoms with E-state index in [1.54, 1.807) is 35.7 Å². The second-order valence-corrected chi connectivity index (χ2v) is 5.62. The maximum absolute atomic E-state index is 12.3. The van der Waals surface area contributed by atoms with Crippen molar-refractivity contribution in [3.05, 3.63) is 69.6 Å². The molecule has 0 aliphatic rings. The Morgan fingerprint density at radius 3 is 2.70 bits per heavy atom. The van der Waals surface area contributed by atoms with Crippen LogP contribution in [0.25, 0.3) is 5.65 Å². The lowest BCUT2D eigenvalue weighted by molar-refractivity contribution is 0.0948. The predicted molar refractivity (Wildman–Crippen MR) is 91.5 cm³/mol. The molecule has 0 spiro atoms. The van der Waals surface area contributed by atoms with Crippen molar-refractivity contribution in [2.45, 2.75) is 6.92 Å². The van der Waals surface area contributed by atoms with E-state index in [1.807, 2.05) is 18.2 Å². The third kappa shape index (κ3) is 3.06. The van der Waals surface area contributed by atoms with Gasteiger partial charge in [0.2, 0.25) is 0 Å². The molecule has 23 heavy (non-hydrogen) atoms. The first-order valence-corrected chi connectivity index (χ1v) is 7.54. The number of carbonyl (C=O) groups excluding carboxylic acids is 1. The Labute approximate surface area is 142 Å². The molecule has 0 unspecified atom stereocenters. The average molecular weight is 347 g/mol. The van der Waals surface area contributed by atoms with Crippen LogP contribution in [0.1, 0.15) is 21.7 Å². The zero-order chi connectivity index (χ0) is 16.4. The van der Waals surface area contributed by atoms with E-state index < -0.39 is 0 Å². The molecule has 0 aliphatic carbocycles. The lowest BCUT2D eigenvalue weighted by Gasteiger charge is -2.02. The topological polar surface area (TPSA) is 58.8 Å². The molecule has 5 nitrogen and oxygen atoms in total. The molecule has 0 radical (unpaired) electrons. The maximum atomic E-state index is 12.3. The largest absolute Gasteiger partial charge is 0.295 e. The summed E-state index contributed by atoms with van der Waals surface area (Å²) in [7, 11) is 0. The zero-order valence-corrected chi connectivity index (χ0v) is 13.6. The SMILES string of the molecule is Cc1nc2ccccn2c1C(=O)N/N=C\c1c(Cl)cccc1Cl. The number of nitrogens with zero attached hydrogens (tertiary/aromatic N) is 3. The number of aryl methyl sites for hydroxylation is 1. The normalized spacial score (nSPS) is 11.3. The van der Waals surface area contributed by atoms with Crippen LogP contribution in [-0.2, 0) is 0 Å². The van der Waals surface area contributed by atoms with Crippen molar-refractivity contribution in [3.63, 3.8) is 0 Å². The third-order valence-electron chi connectivity index (χ3n) is 3.28. The number of hydrogen-bond acceptors (Lipinski definition) is 3. The molecule has 1 N–H and O–H groups in total. The first-order chi connectivity index (χ1) is 11.1. The molecule has 3 aromatic rings. The molecule has 0 aliphatic heterocycles. The molecule has 0 fully saturated rings. The minimum Gasteiger partial charge on any atom is -0.295 e. The molecule has 1 aromatic carbocycles. The fourth-order valence-electron chi connectivity index (χ4n) is 2.23. The Balaban J connectivity index is 1.84. The lowest BCUT2D eigenvalue weighted by atomic mass is 10.2. The van der Waals surface area contributed by atoms with Gasteiger partial charge in [-0.15, -0.1) is 0 Å². The highest BCUT2D eigenvalue weighted by Gasteiger charge is 2.15. The Bertz CT molecular complexity index is 897. The van der Waals surface area contributed by atoms with Gasteiger partial charge in [0.15, 0.2) is 0 Å². The Hall–Kier alpha value is -2.37. The molecule has 3 rings (SSSR count). The number of amides is 1. The molecule has 7 heteroatoms. The fourth-order valence-corrected chi connectivity index (χ4v) is 2.72. The van der Waals surface area contributed by atoms with Gasteiger partial charge in [0.25, 0.3) is 5.91 Å². The van der Waals surface area contributed by atoms with E-state index >= 15 is 0 Å². The van der Waals surface area contributed by atoms with Gasteiger partial charge in [-0.3, -0.25) is 9.20 Å². The van der Waals surface area contributed by atoms with Crippen LogP contribution >= 0.6 is 23.2 Å². The summed E-state index contributed by atoms with van der Waals surface area (Å²) in [4.78, 5) is 16.7. The highest BCUT2D eigenvalue weighted by molar-refractivity contribution is 6.38. The van der Waals surface area contributed by atoms with Crippen LogP contribution in [-0.4, -0.2) is 21.5 Å². The monoisotopic (exact) mass is 346 g/mol. The Morgan fingerprint density at radius 2 is 1.96 bits per heavy atom. The van der Waals surface area contributed by atoms with Crippen molar-refractivity contribution < 1.29 is 4.79 Å². The number of aromatic nitrogens is 2. The third-order valence-corrected chi connectivity index (χ3v) is 3.94. The van der Waals surface area contributed by atoms with Crippen molar-refractivity contribution in [1.82, 2.24) is 14.8 Å². The fraction of sp³-hybridized carbons (Fsp3) is 0.0625. The van der Waals surface area contributed by atoms with E-state index in [2.05, 4.69) is 15.5 Å². The van der Waals surface area contributed by atoms with Gasteiger partial charge in [0.1, 0.15) is 11.3 Å². The lowest BCUT2D eigenvalue weighted by Crippen LogP contribution is -2.20. The Morgan fingerprint density at radius 1 is 1.22 bits per heavy atom. The molecule has 116 valence electrons. The van der Waals surface area contributed by atoms with Gasteiger partial charge in [-0.25, -0.2) is 10.4 Å². The van der Waals surface area contributed by atoms with Gasteiger partial charge < -0.3 is 0 Å². The van der Waals surface area contributed by atoms with Crippen molar-refractivity contribution in [2.75, 3.05) is 0 Å². The molecule has 1 amide bonds. The van der Waals surface area contributed by atoms with Crippen LogP contribution in [0.15, 0.2) is 47.7 Å². The molecule has 0 atom stereocenters. The van der Waals surface area contributed by atoms with Gasteiger partial charge in [-0.05, 0) is 31.2 Å². The number of rotatable bonds is 3. The van der Waals surface area contributed by atoms with Gasteiger partial charge >= 0.3 is 0 Å². The number of pyridine rings is 1. The van der Waals surface area contributed by atoms with Crippen LogP contribution in [0.3, 0.4) is 0 Å². The summed E-state index contributed by atoms with van der Waals surface area (Å²) in [5, 5.41) is 4.85. The van der Waals surface area contributed by atoms with Gasteiger partial charge in [0.05, 0.1) is 22.0 Å². The summed E-state index contributed by atoms with van der Waals surface area (Å²) in [5.74, 6) is -0.361. The second kappa shape index (κ2) is 6.40. The predicted octanol–water partition coefficient (Wildman–Crippen LogP) is 3.71. The van der Waals surface area contributed by atoms with Crippen molar-refractivity contribution in [3.8, 4) is 0 Å². The summed E-state index contributed by atoms with van der Waals surface area (Å²) in [6.45, 7) is 1.77. The minimum absolute atomic E-state index is 0.361. The summed E-state index contributed by atoms with van der Waals surface area (Å²) in [6, 6.07) is 10.7. The molecule has 0 bridgehead atoms. The second-order valence-electron chi connectivity index (χ2n) is 4.81. The molecule has 2 aromatic heterocycles. The van der Waals surface area contributed by atoms with E-state index in [-0.39, 0.29) is 5.91 Å². The highest BCUT2D eigenvalue weighted by Crippen LogP contribution is 2.22. The standard InChI is InChI=1S/C16H12Cl2N4O/c1-10-15(22-8-3-2-7-14(22)20-10)16(23)21-19-9-11-12(17)5-4-6-13(11)18/h2-9H,1H3,(H,21,23)/b19-9-. The number of hydrogen-bond donors (Lipinski definition) is 1. The molecule has 0 saturated carbocycles. The van der Waals surface area contributed by atoms with E-state index in [4.69, 9.17) is 23.2 Å². The van der Waals surface area contributed by atoms with Crippen LogP contribution in [0.5, 0.6) is 0 Å². The number of imidazole rings is 1. The number of nitrogens with one attached hydrogen (secondary N) is 1. The molecular weight excluding hydrogens is 335 g/mol. The highest BCUT2D eigenvalue weighted by atomic mass is 35.5. The zero-order valence-electron chi connectivity index (χ0n) is 12.1. The molecule has 2 heterocycles. The Kier molecular flexibility index (Phi) is 4.32. The number of fused-ring (bicyclic) bond motifs is 1. The summed E-state index contributed by atoms with van der Waals surface area (Å²) >= 11 is 12.1. The first-order valence-electron chi connectivity index (χ1n) is 6.79.